The van der Waals surface area contributed by atoms with E-state index in [9.17, 15) is 14.9 Å². The minimum absolute atomic E-state index is 0.000414. The molecule has 0 N–H and O–H groups in total. The summed E-state index contributed by atoms with van der Waals surface area (Å²) in [5.74, 6) is -0.365. The molecule has 0 aromatic carbocycles. The van der Waals surface area contributed by atoms with Crippen LogP contribution in [-0.2, 0) is 0 Å². The Labute approximate surface area is 121 Å². The Morgan fingerprint density at radius 3 is 2.85 bits per heavy atom. The van der Waals surface area contributed by atoms with Gasteiger partial charge in [0.25, 0.3) is 11.6 Å². The number of halogens is 1. The van der Waals surface area contributed by atoms with Crippen molar-refractivity contribution in [2.24, 2.45) is 0 Å². The van der Waals surface area contributed by atoms with Gasteiger partial charge in [-0.05, 0) is 26.1 Å². The third kappa shape index (κ3) is 3.23. The van der Waals surface area contributed by atoms with E-state index in [1.54, 1.807) is 4.90 Å². The number of nitrogens with zero attached hydrogens (tertiary/aromatic N) is 4. The molecular weight excluding hydrogens is 284 g/mol. The highest BCUT2D eigenvalue weighted by atomic mass is 35.5. The number of carbonyl (C=O) groups excluding carboxylic acids is 1. The lowest BCUT2D eigenvalue weighted by atomic mass is 10.2. The van der Waals surface area contributed by atoms with Crippen molar-refractivity contribution in [1.29, 1.82) is 0 Å². The van der Waals surface area contributed by atoms with Gasteiger partial charge in [0.2, 0.25) is 0 Å². The van der Waals surface area contributed by atoms with Crippen LogP contribution in [0.1, 0.15) is 16.8 Å². The molecular formula is C12H15ClN4O3. The summed E-state index contributed by atoms with van der Waals surface area (Å²) in [5, 5.41) is 11.1. The number of amides is 1. The summed E-state index contributed by atoms with van der Waals surface area (Å²) in [6.07, 6.45) is 1.87. The summed E-state index contributed by atoms with van der Waals surface area (Å²) >= 11 is 5.75. The summed E-state index contributed by atoms with van der Waals surface area (Å²) in [4.78, 5) is 30.2. The molecule has 108 valence electrons. The summed E-state index contributed by atoms with van der Waals surface area (Å²) in [5.41, 5.74) is -0.309. The average Bonchev–Trinajstić information content (AvgIpc) is 2.62. The van der Waals surface area contributed by atoms with E-state index in [4.69, 9.17) is 11.6 Å². The van der Waals surface area contributed by atoms with Crippen molar-refractivity contribution in [3.05, 3.63) is 33.1 Å². The monoisotopic (exact) mass is 298 g/mol. The van der Waals surface area contributed by atoms with E-state index in [2.05, 4.69) is 9.88 Å². The van der Waals surface area contributed by atoms with Gasteiger partial charge in [0.05, 0.1) is 4.92 Å². The largest absolute Gasteiger partial charge is 0.337 e. The van der Waals surface area contributed by atoms with E-state index in [1.807, 2.05) is 7.05 Å². The van der Waals surface area contributed by atoms with Crippen molar-refractivity contribution in [1.82, 2.24) is 14.8 Å². The van der Waals surface area contributed by atoms with E-state index in [-0.39, 0.29) is 22.3 Å². The fourth-order valence-corrected chi connectivity index (χ4v) is 2.32. The van der Waals surface area contributed by atoms with Crippen LogP contribution in [0.3, 0.4) is 0 Å². The summed E-state index contributed by atoms with van der Waals surface area (Å²) < 4.78 is 0. The number of aromatic nitrogens is 1. The van der Waals surface area contributed by atoms with Gasteiger partial charge in [-0.1, -0.05) is 11.6 Å². The number of nitro groups is 1. The molecule has 2 rings (SSSR count). The van der Waals surface area contributed by atoms with Crippen LogP contribution in [0.2, 0.25) is 5.15 Å². The third-order valence-corrected chi connectivity index (χ3v) is 3.49. The normalized spacial score (nSPS) is 16.8. The maximum Gasteiger partial charge on any atom is 0.300 e. The maximum absolute atomic E-state index is 12.5. The molecule has 1 saturated heterocycles. The van der Waals surface area contributed by atoms with Crippen molar-refractivity contribution >= 4 is 23.2 Å². The molecule has 0 saturated carbocycles. The Hall–Kier alpha value is -1.73. The average molecular weight is 299 g/mol. The molecule has 0 aliphatic carbocycles. The van der Waals surface area contributed by atoms with E-state index in [0.29, 0.717) is 13.1 Å². The van der Waals surface area contributed by atoms with Crippen LogP contribution >= 0.6 is 11.6 Å². The topological polar surface area (TPSA) is 79.6 Å². The molecule has 0 unspecified atom stereocenters. The van der Waals surface area contributed by atoms with Crippen molar-refractivity contribution in [2.75, 3.05) is 33.2 Å². The first-order valence-corrected chi connectivity index (χ1v) is 6.64. The van der Waals surface area contributed by atoms with E-state index in [0.717, 1.165) is 25.7 Å². The second-order valence-electron chi connectivity index (χ2n) is 4.73. The van der Waals surface area contributed by atoms with E-state index >= 15 is 0 Å². The summed E-state index contributed by atoms with van der Waals surface area (Å²) in [7, 11) is 1.99. The number of pyridine rings is 1. The maximum atomic E-state index is 12.5. The first-order valence-electron chi connectivity index (χ1n) is 6.27. The number of hydrogen-bond acceptors (Lipinski definition) is 5. The van der Waals surface area contributed by atoms with Crippen LogP contribution in [0.15, 0.2) is 12.3 Å². The first kappa shape index (κ1) is 14.7. The lowest BCUT2D eigenvalue weighted by Crippen LogP contribution is -2.34. The molecule has 0 bridgehead atoms. The highest BCUT2D eigenvalue weighted by molar-refractivity contribution is 6.29. The van der Waals surface area contributed by atoms with Crippen molar-refractivity contribution < 1.29 is 9.72 Å². The van der Waals surface area contributed by atoms with E-state index < -0.39 is 4.92 Å². The highest BCUT2D eigenvalue weighted by Gasteiger charge is 2.26. The van der Waals surface area contributed by atoms with Gasteiger partial charge in [-0.15, -0.1) is 0 Å². The van der Waals surface area contributed by atoms with E-state index in [1.165, 1.54) is 6.07 Å². The minimum atomic E-state index is -0.611. The molecule has 1 aromatic rings. The predicted molar refractivity (Wildman–Crippen MR) is 73.9 cm³/mol. The van der Waals surface area contributed by atoms with Gasteiger partial charge < -0.3 is 9.80 Å². The zero-order valence-electron chi connectivity index (χ0n) is 11.1. The highest BCUT2D eigenvalue weighted by Crippen LogP contribution is 2.22. The Bertz CT molecular complexity index is 537. The van der Waals surface area contributed by atoms with Crippen molar-refractivity contribution in [2.45, 2.75) is 6.42 Å². The van der Waals surface area contributed by atoms with Gasteiger partial charge >= 0.3 is 0 Å². The van der Waals surface area contributed by atoms with Gasteiger partial charge in [0.15, 0.2) is 0 Å². The SMILES string of the molecule is CN1CCCN(C(=O)c2cc(Cl)ncc2[N+](=O)[O-])CC1. The lowest BCUT2D eigenvalue weighted by molar-refractivity contribution is -0.385. The van der Waals surface area contributed by atoms with Gasteiger partial charge in [-0.25, -0.2) is 4.98 Å². The quantitative estimate of drug-likeness (QED) is 0.469. The van der Waals surface area contributed by atoms with Crippen LogP contribution < -0.4 is 0 Å². The smallest absolute Gasteiger partial charge is 0.300 e. The Morgan fingerprint density at radius 1 is 1.40 bits per heavy atom. The summed E-state index contributed by atoms with van der Waals surface area (Å²) in [6, 6.07) is 1.26. The predicted octanol–water partition coefficient (Wildman–Crippen LogP) is 1.42. The standard InChI is InChI=1S/C12H15ClN4O3/c1-15-3-2-4-16(6-5-15)12(18)9-7-11(13)14-8-10(9)17(19)20/h7-8H,2-6H2,1H3. The number of carbonyl (C=O) groups is 1. The minimum Gasteiger partial charge on any atom is -0.337 e. The Balaban J connectivity index is 2.28. The van der Waals surface area contributed by atoms with Crippen LogP contribution in [0.5, 0.6) is 0 Å². The van der Waals surface area contributed by atoms with Crippen LogP contribution in [-0.4, -0.2) is 58.8 Å². The molecule has 1 aliphatic heterocycles. The number of rotatable bonds is 2. The van der Waals surface area contributed by atoms with Crippen LogP contribution in [0.4, 0.5) is 5.69 Å². The fourth-order valence-electron chi connectivity index (χ4n) is 2.16. The lowest BCUT2D eigenvalue weighted by Gasteiger charge is -2.20. The molecule has 1 amide bonds. The molecule has 1 aliphatic rings. The fraction of sp³-hybridized carbons (Fsp3) is 0.500. The third-order valence-electron chi connectivity index (χ3n) is 3.28. The Morgan fingerprint density at radius 2 is 2.15 bits per heavy atom. The molecule has 8 heteroatoms. The number of hydrogen-bond donors (Lipinski definition) is 0. The molecule has 2 heterocycles. The Kier molecular flexibility index (Phi) is 4.51. The molecule has 0 radical (unpaired) electrons. The molecule has 0 atom stereocenters. The zero-order valence-corrected chi connectivity index (χ0v) is 11.8. The van der Waals surface area contributed by atoms with Crippen molar-refractivity contribution in [3.8, 4) is 0 Å². The molecule has 1 aromatic heterocycles. The van der Waals surface area contributed by atoms with Gasteiger partial charge in [-0.3, -0.25) is 14.9 Å². The van der Waals surface area contributed by atoms with Crippen LogP contribution in [0, 0.1) is 10.1 Å². The second-order valence-corrected chi connectivity index (χ2v) is 5.12. The molecule has 7 nitrogen and oxygen atoms in total. The van der Waals surface area contributed by atoms with Crippen molar-refractivity contribution in [3.63, 3.8) is 0 Å². The molecule has 0 spiro atoms. The summed E-state index contributed by atoms with van der Waals surface area (Å²) in [6.45, 7) is 2.79. The second kappa shape index (κ2) is 6.15. The van der Waals surface area contributed by atoms with Gasteiger partial charge in [-0.2, -0.15) is 0 Å². The van der Waals surface area contributed by atoms with Gasteiger partial charge in [0, 0.05) is 19.6 Å². The molecule has 20 heavy (non-hydrogen) atoms. The first-order chi connectivity index (χ1) is 9.49. The van der Waals surface area contributed by atoms with Gasteiger partial charge in [0.1, 0.15) is 16.9 Å². The molecule has 1 fully saturated rings. The van der Waals surface area contributed by atoms with Crippen LogP contribution in [0.25, 0.3) is 0 Å². The number of likely N-dealkylation sites (N-methyl/N-ethyl adjacent to an activating group) is 1. The zero-order chi connectivity index (χ0) is 14.7.